The number of aliphatic hydroxyl groups excluding tert-OH is 3. The Labute approximate surface area is 127 Å². The van der Waals surface area contributed by atoms with Gasteiger partial charge in [0.25, 0.3) is 5.56 Å². The minimum atomic E-state index is -2.84. The summed E-state index contributed by atoms with van der Waals surface area (Å²) >= 11 is 0. The molecule has 11 nitrogen and oxygen atoms in total. The van der Waals surface area contributed by atoms with Gasteiger partial charge in [-0.1, -0.05) is 0 Å². The first-order chi connectivity index (χ1) is 10.8. The standard InChI is InChI=1S/C12H13N3O8/c13-4-12(10(20)21)7(18)5(3-16)23-9(8(12)19)15-2-1-6(17)14-11(15)22/h1-2,5,7-9,16,18-19H,3H2,(H,20,21)(H,14,17,22)/p-1/t5-,7+,8-,9+,12-/m1/s1. The Kier molecular flexibility index (Phi) is 4.35. The van der Waals surface area contributed by atoms with Crippen molar-refractivity contribution < 1.29 is 30.0 Å². The largest absolute Gasteiger partial charge is 0.548 e. The van der Waals surface area contributed by atoms with Gasteiger partial charge in [0, 0.05) is 12.3 Å². The van der Waals surface area contributed by atoms with Gasteiger partial charge in [-0.3, -0.25) is 14.3 Å². The molecule has 0 bridgehead atoms. The molecule has 0 saturated carbocycles. The van der Waals surface area contributed by atoms with Crippen LogP contribution in [0.15, 0.2) is 21.9 Å². The smallest absolute Gasteiger partial charge is 0.330 e. The van der Waals surface area contributed by atoms with Crippen molar-refractivity contribution in [2.75, 3.05) is 6.61 Å². The molecule has 0 spiro atoms. The number of carboxylic acid groups (broad SMARTS) is 1. The molecular weight excluding hydrogens is 314 g/mol. The molecule has 1 fully saturated rings. The van der Waals surface area contributed by atoms with E-state index >= 15 is 0 Å². The molecule has 5 atom stereocenters. The van der Waals surface area contributed by atoms with Crippen molar-refractivity contribution in [3.63, 3.8) is 0 Å². The molecule has 0 aromatic carbocycles. The summed E-state index contributed by atoms with van der Waals surface area (Å²) in [4.78, 5) is 36.1. The highest BCUT2D eigenvalue weighted by Crippen LogP contribution is 2.40. The average Bonchev–Trinajstić information content (AvgIpc) is 2.49. The molecule has 23 heavy (non-hydrogen) atoms. The minimum Gasteiger partial charge on any atom is -0.548 e. The number of aliphatic hydroxyl groups is 3. The van der Waals surface area contributed by atoms with E-state index < -0.39 is 53.8 Å². The number of nitrogens with one attached hydrogen (secondary N) is 1. The Morgan fingerprint density at radius 2 is 2.13 bits per heavy atom. The molecule has 4 N–H and O–H groups in total. The summed E-state index contributed by atoms with van der Waals surface area (Å²) in [5.41, 5.74) is -4.63. The lowest BCUT2D eigenvalue weighted by Crippen LogP contribution is -2.67. The number of ether oxygens (including phenoxy) is 1. The first kappa shape index (κ1) is 16.8. The van der Waals surface area contributed by atoms with Crippen LogP contribution in [0.1, 0.15) is 6.23 Å². The van der Waals surface area contributed by atoms with Crippen LogP contribution in [0.2, 0.25) is 0 Å². The van der Waals surface area contributed by atoms with Gasteiger partial charge in [-0.2, -0.15) is 5.26 Å². The number of nitrogens with zero attached hydrogens (tertiary/aromatic N) is 2. The Morgan fingerprint density at radius 3 is 2.61 bits per heavy atom. The molecule has 0 unspecified atom stereocenters. The molecule has 1 aliphatic heterocycles. The molecule has 2 heterocycles. The van der Waals surface area contributed by atoms with E-state index in [1.807, 2.05) is 4.98 Å². The fourth-order valence-corrected chi connectivity index (χ4v) is 2.43. The third-order valence-corrected chi connectivity index (χ3v) is 3.70. The van der Waals surface area contributed by atoms with E-state index in [1.54, 1.807) is 0 Å². The Balaban J connectivity index is 2.61. The van der Waals surface area contributed by atoms with E-state index in [1.165, 1.54) is 6.07 Å². The number of nitriles is 1. The van der Waals surface area contributed by atoms with E-state index in [4.69, 9.17) is 4.74 Å². The minimum absolute atomic E-state index is 0.635. The molecule has 1 aromatic rings. The number of carbonyl (C=O) groups excluding carboxylic acids is 1. The van der Waals surface area contributed by atoms with Crippen molar-refractivity contribution in [2.45, 2.75) is 24.5 Å². The van der Waals surface area contributed by atoms with Crippen molar-refractivity contribution in [1.29, 1.82) is 5.26 Å². The molecule has 1 aliphatic rings. The topological polar surface area (TPSA) is 189 Å². The van der Waals surface area contributed by atoms with Crippen LogP contribution in [-0.4, -0.2) is 55.8 Å². The van der Waals surface area contributed by atoms with Gasteiger partial charge in [-0.25, -0.2) is 4.79 Å². The van der Waals surface area contributed by atoms with Gasteiger partial charge in [0.05, 0.1) is 18.6 Å². The second-order valence-electron chi connectivity index (χ2n) is 4.92. The number of H-pyrrole nitrogens is 1. The average molecular weight is 326 g/mol. The lowest BCUT2D eigenvalue weighted by molar-refractivity contribution is -0.341. The van der Waals surface area contributed by atoms with Gasteiger partial charge < -0.3 is 30.0 Å². The zero-order valence-electron chi connectivity index (χ0n) is 11.4. The third kappa shape index (κ3) is 2.43. The zero-order valence-corrected chi connectivity index (χ0v) is 11.4. The van der Waals surface area contributed by atoms with Crippen molar-refractivity contribution in [3.8, 4) is 6.07 Å². The number of carboxylic acids is 1. The van der Waals surface area contributed by atoms with E-state index in [2.05, 4.69) is 0 Å². The van der Waals surface area contributed by atoms with Crippen molar-refractivity contribution in [3.05, 3.63) is 33.1 Å². The summed E-state index contributed by atoms with van der Waals surface area (Å²) in [6, 6.07) is 2.18. The number of rotatable bonds is 3. The molecule has 0 radical (unpaired) electrons. The lowest BCUT2D eigenvalue weighted by atomic mass is 9.73. The summed E-state index contributed by atoms with van der Waals surface area (Å²) in [5.74, 6) is -2.09. The quantitative estimate of drug-likeness (QED) is 0.423. The summed E-state index contributed by atoms with van der Waals surface area (Å²) in [6.45, 7) is -0.890. The van der Waals surface area contributed by atoms with Crippen LogP contribution in [0.25, 0.3) is 0 Å². The normalized spacial score (nSPS) is 33.8. The maximum absolute atomic E-state index is 11.8. The summed E-state index contributed by atoms with van der Waals surface area (Å²) in [7, 11) is 0. The van der Waals surface area contributed by atoms with Crippen LogP contribution >= 0.6 is 0 Å². The van der Waals surface area contributed by atoms with E-state index in [0.717, 1.165) is 12.3 Å². The van der Waals surface area contributed by atoms with Crippen molar-refractivity contribution >= 4 is 5.97 Å². The lowest BCUT2D eigenvalue weighted by Gasteiger charge is -2.47. The molecule has 0 amide bonds. The van der Waals surface area contributed by atoms with Crippen molar-refractivity contribution in [1.82, 2.24) is 9.55 Å². The SMILES string of the molecule is N#C[C@]1(C(=O)[O-])[C@H](O)[C@@H](n2ccc(=O)[nH]c2=O)O[C@H](CO)[C@@H]1O. The predicted molar refractivity (Wildman–Crippen MR) is 67.4 cm³/mol. The maximum atomic E-state index is 11.8. The molecular formula is C12H12N3O8-. The number of hydrogen-bond acceptors (Lipinski definition) is 9. The van der Waals surface area contributed by atoms with Crippen LogP contribution in [0, 0.1) is 16.7 Å². The Bertz CT molecular complexity index is 765. The monoisotopic (exact) mass is 326 g/mol. The fourth-order valence-electron chi connectivity index (χ4n) is 2.43. The van der Waals surface area contributed by atoms with Gasteiger partial charge in [0.1, 0.15) is 18.3 Å². The highest BCUT2D eigenvalue weighted by Gasteiger charge is 2.58. The summed E-state index contributed by atoms with van der Waals surface area (Å²) in [6.07, 6.45) is -6.73. The van der Waals surface area contributed by atoms with E-state index in [9.17, 15) is 40.1 Å². The Morgan fingerprint density at radius 1 is 1.48 bits per heavy atom. The maximum Gasteiger partial charge on any atom is 0.330 e. The predicted octanol–water partition coefficient (Wildman–Crippen LogP) is -4.59. The summed E-state index contributed by atoms with van der Waals surface area (Å²) in [5, 5.41) is 49.9. The summed E-state index contributed by atoms with van der Waals surface area (Å²) < 4.78 is 5.76. The molecule has 1 aromatic heterocycles. The second-order valence-corrected chi connectivity index (χ2v) is 4.92. The first-order valence-corrected chi connectivity index (χ1v) is 6.36. The van der Waals surface area contributed by atoms with Crippen LogP contribution in [-0.2, 0) is 9.53 Å². The van der Waals surface area contributed by atoms with Gasteiger partial charge in [0.2, 0.25) is 0 Å². The van der Waals surface area contributed by atoms with Crippen molar-refractivity contribution in [2.24, 2.45) is 5.41 Å². The second kappa shape index (κ2) is 5.94. The third-order valence-electron chi connectivity index (χ3n) is 3.70. The van der Waals surface area contributed by atoms with Crippen LogP contribution in [0.3, 0.4) is 0 Å². The fraction of sp³-hybridized carbons (Fsp3) is 0.500. The zero-order chi connectivity index (χ0) is 17.4. The molecule has 0 aliphatic carbocycles. The molecule has 124 valence electrons. The molecule has 11 heteroatoms. The van der Waals surface area contributed by atoms with Crippen LogP contribution in [0.4, 0.5) is 0 Å². The van der Waals surface area contributed by atoms with Gasteiger partial charge in [-0.15, -0.1) is 0 Å². The highest BCUT2D eigenvalue weighted by atomic mass is 16.6. The molecule has 1 saturated heterocycles. The number of carbonyl (C=O) groups is 1. The number of aliphatic carboxylic acids is 1. The molecule has 2 rings (SSSR count). The van der Waals surface area contributed by atoms with Gasteiger partial charge in [-0.05, 0) is 0 Å². The first-order valence-electron chi connectivity index (χ1n) is 6.36. The van der Waals surface area contributed by atoms with Crippen LogP contribution in [0.5, 0.6) is 0 Å². The van der Waals surface area contributed by atoms with E-state index in [-0.39, 0.29) is 0 Å². The Hall–Kier alpha value is -2.52. The number of aromatic amines is 1. The number of aromatic nitrogens is 2. The number of hydrogen-bond donors (Lipinski definition) is 4. The van der Waals surface area contributed by atoms with E-state index in [0.29, 0.717) is 4.57 Å². The highest BCUT2D eigenvalue weighted by molar-refractivity contribution is 5.78. The van der Waals surface area contributed by atoms with Gasteiger partial charge >= 0.3 is 5.69 Å². The van der Waals surface area contributed by atoms with Gasteiger partial charge in [0.15, 0.2) is 11.6 Å². The van der Waals surface area contributed by atoms with Crippen LogP contribution < -0.4 is 16.4 Å².